The van der Waals surface area contributed by atoms with Crippen LogP contribution in [0, 0.1) is 12.5 Å². The number of aromatic nitrogens is 6. The number of likely N-dealkylation sites (tertiary alicyclic amines) is 1. The monoisotopic (exact) mass is 440 g/mol. The van der Waals surface area contributed by atoms with Crippen molar-refractivity contribution in [2.75, 3.05) is 23.7 Å². The first kappa shape index (κ1) is 20.6. The van der Waals surface area contributed by atoms with Crippen molar-refractivity contribution in [3.8, 4) is 0 Å². The molecular weight excluding hydrogens is 420 g/mol. The van der Waals surface area contributed by atoms with Gasteiger partial charge in [-0.25, -0.2) is 6.57 Å². The van der Waals surface area contributed by atoms with E-state index >= 15 is 0 Å². The molecule has 31 heavy (non-hydrogen) atoms. The highest BCUT2D eigenvalue weighted by molar-refractivity contribution is 6.35. The van der Waals surface area contributed by atoms with E-state index in [0.29, 0.717) is 52.6 Å². The van der Waals surface area contributed by atoms with E-state index in [1.54, 1.807) is 17.3 Å². The maximum absolute atomic E-state index is 12.1. The molecule has 2 atom stereocenters. The molecule has 1 aliphatic heterocycles. The van der Waals surface area contributed by atoms with Gasteiger partial charge in [-0.3, -0.25) is 14.7 Å². The van der Waals surface area contributed by atoms with E-state index in [9.17, 15) is 4.79 Å². The number of carbonyl (C=O) groups is 1. The van der Waals surface area contributed by atoms with Gasteiger partial charge in [0.2, 0.25) is 11.9 Å². The van der Waals surface area contributed by atoms with E-state index in [4.69, 9.17) is 18.2 Å². The number of piperidine rings is 1. The van der Waals surface area contributed by atoms with Crippen LogP contribution in [0.1, 0.15) is 13.3 Å². The van der Waals surface area contributed by atoms with E-state index in [1.165, 1.54) is 10.8 Å². The number of hydrogen-bond donors (Lipinski definition) is 3. The number of halogens is 1. The molecule has 1 aliphatic rings. The fraction of sp³-hybridized carbons (Fsp3) is 0.368. The van der Waals surface area contributed by atoms with Gasteiger partial charge in [0.15, 0.2) is 5.65 Å². The van der Waals surface area contributed by atoms with E-state index in [2.05, 4.69) is 54.2 Å². The Balaban J connectivity index is 1.62. The third-order valence-corrected chi connectivity index (χ3v) is 5.51. The van der Waals surface area contributed by atoms with Crippen LogP contribution in [-0.4, -0.2) is 59.9 Å². The molecule has 3 aromatic heterocycles. The Morgan fingerprint density at radius 3 is 3.13 bits per heavy atom. The van der Waals surface area contributed by atoms with Crippen LogP contribution in [-0.2, 0) is 11.5 Å². The molecule has 0 saturated carbocycles. The minimum atomic E-state index is -0.0911. The molecule has 1 saturated heterocycles. The van der Waals surface area contributed by atoms with Crippen molar-refractivity contribution in [3.63, 3.8) is 0 Å². The molecule has 0 radical (unpaired) electrons. The Bertz CT molecular complexity index is 1160. The number of nitrogens with zero attached hydrogens (tertiary/aromatic N) is 7. The number of carbonyl (C=O) groups excluding carboxylic acids is 1. The first-order chi connectivity index (χ1) is 15.0. The largest absolute Gasteiger partial charge is 0.364 e. The third-order valence-electron chi connectivity index (χ3n) is 5.24. The number of fused-ring (bicyclic) bond motifs is 1. The molecule has 0 spiro atoms. The summed E-state index contributed by atoms with van der Waals surface area (Å²) in [5.41, 5.74) is 1.05. The molecule has 11 nitrogen and oxygen atoms in total. The van der Waals surface area contributed by atoms with E-state index in [-0.39, 0.29) is 18.6 Å². The molecule has 0 aliphatic carbocycles. The van der Waals surface area contributed by atoms with Crippen LogP contribution in [0.2, 0.25) is 5.15 Å². The Kier molecular flexibility index (Phi) is 5.73. The Morgan fingerprint density at radius 1 is 1.52 bits per heavy atom. The summed E-state index contributed by atoms with van der Waals surface area (Å²) in [6.45, 7) is 14.0. The van der Waals surface area contributed by atoms with Crippen molar-refractivity contribution in [2.24, 2.45) is 5.92 Å². The van der Waals surface area contributed by atoms with Crippen molar-refractivity contribution in [2.45, 2.75) is 26.1 Å². The minimum absolute atomic E-state index is 0.0315. The minimum Gasteiger partial charge on any atom is -0.364 e. The molecule has 3 N–H and O–H groups in total. The maximum atomic E-state index is 12.1. The van der Waals surface area contributed by atoms with Crippen molar-refractivity contribution in [3.05, 3.63) is 41.6 Å². The van der Waals surface area contributed by atoms with Crippen molar-refractivity contribution in [1.29, 1.82) is 0 Å². The van der Waals surface area contributed by atoms with Gasteiger partial charge in [-0.1, -0.05) is 25.1 Å². The lowest BCUT2D eigenvalue weighted by Gasteiger charge is -2.37. The second-order valence-corrected chi connectivity index (χ2v) is 7.71. The van der Waals surface area contributed by atoms with Crippen molar-refractivity contribution < 1.29 is 4.79 Å². The fourth-order valence-electron chi connectivity index (χ4n) is 3.52. The molecule has 4 heterocycles. The third kappa shape index (κ3) is 4.29. The van der Waals surface area contributed by atoms with Crippen LogP contribution in [0.25, 0.3) is 15.9 Å². The SMILES string of the molecule is [C-]#[N+]Cn1cc(Nc2nc(N[C@H]3CN(C(=O)C=C)CC[C@H]3C)c3c(Cl)[nH]nc3n2)cn1. The molecule has 160 valence electrons. The molecule has 1 amide bonds. The van der Waals surface area contributed by atoms with Crippen LogP contribution < -0.4 is 10.6 Å². The Morgan fingerprint density at radius 2 is 2.35 bits per heavy atom. The average molecular weight is 441 g/mol. The summed E-state index contributed by atoms with van der Waals surface area (Å²) in [6.07, 6.45) is 5.47. The predicted molar refractivity (Wildman–Crippen MR) is 117 cm³/mol. The van der Waals surface area contributed by atoms with Gasteiger partial charge in [0, 0.05) is 19.1 Å². The molecule has 0 aromatic carbocycles. The Hall–Kier alpha value is -3.65. The quantitative estimate of drug-likeness (QED) is 0.398. The standard InChI is InChI=1S/C19H21ClN10O/c1-4-14(31)29-6-5-11(2)13(9-29)24-17-15-16(20)27-28-18(15)26-19(25-17)23-12-7-22-30(8-12)10-21-3/h4,7-8,11,13H,1,5-6,9-10H2,2H3,(H3,23,24,25,26,27,28)/t11-,13+/m1/s1. The maximum Gasteiger partial charge on any atom is 0.307 e. The number of aromatic amines is 1. The van der Waals surface area contributed by atoms with Gasteiger partial charge in [-0.05, 0) is 18.4 Å². The fourth-order valence-corrected chi connectivity index (χ4v) is 3.74. The molecule has 4 rings (SSSR count). The lowest BCUT2D eigenvalue weighted by atomic mass is 9.93. The summed E-state index contributed by atoms with van der Waals surface area (Å²) in [5, 5.41) is 18.4. The Labute approximate surface area is 183 Å². The second-order valence-electron chi connectivity index (χ2n) is 7.33. The number of nitrogens with one attached hydrogen (secondary N) is 3. The van der Waals surface area contributed by atoms with Gasteiger partial charge in [-0.2, -0.15) is 24.8 Å². The van der Waals surface area contributed by atoms with Crippen LogP contribution in [0.15, 0.2) is 25.0 Å². The lowest BCUT2D eigenvalue weighted by molar-refractivity contribution is -0.127. The zero-order valence-corrected chi connectivity index (χ0v) is 17.6. The molecule has 12 heteroatoms. The van der Waals surface area contributed by atoms with Crippen LogP contribution >= 0.6 is 11.6 Å². The van der Waals surface area contributed by atoms with E-state index in [1.807, 2.05) is 0 Å². The summed E-state index contributed by atoms with van der Waals surface area (Å²) in [7, 11) is 0. The average Bonchev–Trinajstić information content (AvgIpc) is 3.35. The zero-order valence-electron chi connectivity index (χ0n) is 16.8. The zero-order chi connectivity index (χ0) is 22.0. The molecular formula is C19H21ClN10O. The first-order valence-corrected chi connectivity index (χ1v) is 10.1. The van der Waals surface area contributed by atoms with Gasteiger partial charge in [0.05, 0.1) is 18.1 Å². The van der Waals surface area contributed by atoms with Gasteiger partial charge in [-0.15, -0.1) is 0 Å². The van der Waals surface area contributed by atoms with Gasteiger partial charge >= 0.3 is 6.67 Å². The van der Waals surface area contributed by atoms with Crippen LogP contribution in [0.3, 0.4) is 0 Å². The topological polar surface area (TPSA) is 121 Å². The summed E-state index contributed by atoms with van der Waals surface area (Å²) in [6, 6.07) is -0.0315. The van der Waals surface area contributed by atoms with E-state index in [0.717, 1.165) is 6.42 Å². The summed E-state index contributed by atoms with van der Waals surface area (Å²) in [5.74, 6) is 1.05. The number of rotatable bonds is 6. The smallest absolute Gasteiger partial charge is 0.307 e. The van der Waals surface area contributed by atoms with E-state index < -0.39 is 0 Å². The second kappa shape index (κ2) is 8.61. The van der Waals surface area contributed by atoms with Gasteiger partial charge < -0.3 is 15.5 Å². The van der Waals surface area contributed by atoms with Crippen LogP contribution in [0.4, 0.5) is 17.5 Å². The van der Waals surface area contributed by atoms with Gasteiger partial charge in [0.25, 0.3) is 0 Å². The van der Waals surface area contributed by atoms with Crippen molar-refractivity contribution >= 4 is 46.0 Å². The summed E-state index contributed by atoms with van der Waals surface area (Å²) in [4.78, 5) is 26.2. The van der Waals surface area contributed by atoms with Gasteiger partial charge in [0.1, 0.15) is 16.4 Å². The highest BCUT2D eigenvalue weighted by atomic mass is 35.5. The summed E-state index contributed by atoms with van der Waals surface area (Å²) < 4.78 is 1.51. The number of hydrogen-bond acceptors (Lipinski definition) is 7. The number of anilines is 3. The highest BCUT2D eigenvalue weighted by Crippen LogP contribution is 2.30. The molecule has 0 bridgehead atoms. The normalized spacial score (nSPS) is 18.5. The first-order valence-electron chi connectivity index (χ1n) is 9.70. The lowest BCUT2D eigenvalue weighted by Crippen LogP contribution is -2.48. The molecule has 1 fully saturated rings. The number of H-pyrrole nitrogens is 1. The molecule has 0 unspecified atom stereocenters. The predicted octanol–water partition coefficient (Wildman–Crippen LogP) is 2.66. The van der Waals surface area contributed by atoms with Crippen molar-refractivity contribution in [1.82, 2.24) is 34.8 Å². The molecule has 3 aromatic rings. The highest BCUT2D eigenvalue weighted by Gasteiger charge is 2.29. The number of amides is 1. The van der Waals surface area contributed by atoms with Crippen LogP contribution in [0.5, 0.6) is 0 Å². The summed E-state index contributed by atoms with van der Waals surface area (Å²) >= 11 is 6.31.